The maximum atomic E-state index is 13.3. The standard InChI is InChI=1S/C18H29FN4O2.HI/c1-20-18(21-8-3-11-24-2)22-14-17(23-9-12-25-13-10-23)15-4-6-16(19)7-5-15;/h4-7,17H,3,8-14H2,1-2H3,(H2,20,21,22);1H. The largest absolute Gasteiger partial charge is 0.385 e. The van der Waals surface area contributed by atoms with Crippen molar-refractivity contribution in [2.24, 2.45) is 4.99 Å². The quantitative estimate of drug-likeness (QED) is 0.258. The minimum Gasteiger partial charge on any atom is -0.385 e. The fraction of sp³-hybridized carbons (Fsp3) is 0.611. The molecule has 0 radical (unpaired) electrons. The highest BCUT2D eigenvalue weighted by molar-refractivity contribution is 14.0. The number of methoxy groups -OCH3 is 1. The molecule has 1 unspecified atom stereocenters. The number of halogens is 2. The highest BCUT2D eigenvalue weighted by Gasteiger charge is 2.22. The van der Waals surface area contributed by atoms with Crippen LogP contribution in [0.2, 0.25) is 0 Å². The Kier molecular flexibility index (Phi) is 11.7. The van der Waals surface area contributed by atoms with Gasteiger partial charge in [0.15, 0.2) is 5.96 Å². The van der Waals surface area contributed by atoms with E-state index >= 15 is 0 Å². The average Bonchev–Trinajstić information content (AvgIpc) is 2.66. The van der Waals surface area contributed by atoms with Gasteiger partial charge in [-0.05, 0) is 24.1 Å². The fourth-order valence-corrected chi connectivity index (χ4v) is 2.87. The van der Waals surface area contributed by atoms with E-state index in [1.807, 2.05) is 12.1 Å². The molecule has 2 N–H and O–H groups in total. The second-order valence-electron chi connectivity index (χ2n) is 5.94. The summed E-state index contributed by atoms with van der Waals surface area (Å²) in [4.78, 5) is 6.62. The van der Waals surface area contributed by atoms with Gasteiger partial charge in [0.05, 0.1) is 19.3 Å². The van der Waals surface area contributed by atoms with E-state index in [0.29, 0.717) is 6.54 Å². The first kappa shape index (κ1) is 23.1. The first-order valence-electron chi connectivity index (χ1n) is 8.75. The number of guanidine groups is 1. The average molecular weight is 480 g/mol. The second-order valence-corrected chi connectivity index (χ2v) is 5.94. The third-order valence-corrected chi connectivity index (χ3v) is 4.25. The molecule has 1 aliphatic rings. The van der Waals surface area contributed by atoms with Crippen LogP contribution in [0.5, 0.6) is 0 Å². The number of hydrogen-bond donors (Lipinski definition) is 2. The molecule has 2 rings (SSSR count). The number of aliphatic imine (C=N–C) groups is 1. The molecule has 1 fully saturated rings. The Balaban J connectivity index is 0.00000338. The maximum absolute atomic E-state index is 13.3. The number of hydrogen-bond acceptors (Lipinski definition) is 4. The minimum absolute atomic E-state index is 0. The summed E-state index contributed by atoms with van der Waals surface area (Å²) in [6.07, 6.45) is 0.919. The van der Waals surface area contributed by atoms with Crippen LogP contribution in [0.3, 0.4) is 0 Å². The van der Waals surface area contributed by atoms with Crippen LogP contribution < -0.4 is 10.6 Å². The van der Waals surface area contributed by atoms with E-state index in [9.17, 15) is 4.39 Å². The van der Waals surface area contributed by atoms with Crippen molar-refractivity contribution in [2.75, 3.05) is 60.2 Å². The van der Waals surface area contributed by atoms with Crippen LogP contribution >= 0.6 is 24.0 Å². The molecule has 1 heterocycles. The molecule has 1 atom stereocenters. The molecule has 1 saturated heterocycles. The molecule has 0 aliphatic carbocycles. The van der Waals surface area contributed by atoms with Gasteiger partial charge >= 0.3 is 0 Å². The summed E-state index contributed by atoms with van der Waals surface area (Å²) in [5.41, 5.74) is 1.09. The first-order chi connectivity index (χ1) is 12.2. The minimum atomic E-state index is -0.215. The van der Waals surface area contributed by atoms with Crippen molar-refractivity contribution in [3.63, 3.8) is 0 Å². The third-order valence-electron chi connectivity index (χ3n) is 4.25. The predicted molar refractivity (Wildman–Crippen MR) is 113 cm³/mol. The van der Waals surface area contributed by atoms with E-state index < -0.39 is 0 Å². The van der Waals surface area contributed by atoms with E-state index in [-0.39, 0.29) is 35.8 Å². The van der Waals surface area contributed by atoms with Gasteiger partial charge in [-0.1, -0.05) is 12.1 Å². The number of rotatable bonds is 8. The molecule has 0 aromatic heterocycles. The van der Waals surface area contributed by atoms with Crippen molar-refractivity contribution in [1.29, 1.82) is 0 Å². The van der Waals surface area contributed by atoms with Gasteiger partial charge in [0.2, 0.25) is 0 Å². The lowest BCUT2D eigenvalue weighted by Gasteiger charge is -2.35. The summed E-state index contributed by atoms with van der Waals surface area (Å²) in [7, 11) is 3.45. The Labute approximate surface area is 172 Å². The Bertz CT molecular complexity index is 524. The molecule has 8 heteroatoms. The predicted octanol–water partition coefficient (Wildman–Crippen LogP) is 2.02. The summed E-state index contributed by atoms with van der Waals surface area (Å²) < 4.78 is 23.8. The molecule has 0 spiro atoms. The molecule has 0 saturated carbocycles. The Morgan fingerprint density at radius 3 is 2.58 bits per heavy atom. The number of nitrogens with zero attached hydrogens (tertiary/aromatic N) is 2. The summed E-state index contributed by atoms with van der Waals surface area (Å²) in [6.45, 7) is 5.38. The van der Waals surface area contributed by atoms with Gasteiger partial charge in [0.1, 0.15) is 5.82 Å². The van der Waals surface area contributed by atoms with Gasteiger partial charge in [-0.2, -0.15) is 0 Å². The molecule has 26 heavy (non-hydrogen) atoms. The number of morpholine rings is 1. The summed E-state index contributed by atoms with van der Waals surface area (Å²) in [6, 6.07) is 6.88. The smallest absolute Gasteiger partial charge is 0.191 e. The zero-order valence-corrected chi connectivity index (χ0v) is 17.9. The molecule has 0 bridgehead atoms. The van der Waals surface area contributed by atoms with Crippen molar-refractivity contribution < 1.29 is 13.9 Å². The second kappa shape index (κ2) is 13.2. The lowest BCUT2D eigenvalue weighted by atomic mass is 10.0. The SMILES string of the molecule is CN=C(NCCCOC)NCC(c1ccc(F)cc1)N1CCOCC1.I. The summed E-state index contributed by atoms with van der Waals surface area (Å²) in [5, 5.41) is 6.66. The van der Waals surface area contributed by atoms with Crippen LogP contribution in [0.1, 0.15) is 18.0 Å². The van der Waals surface area contributed by atoms with Crippen molar-refractivity contribution in [2.45, 2.75) is 12.5 Å². The molecule has 0 amide bonds. The van der Waals surface area contributed by atoms with Crippen LogP contribution in [0.15, 0.2) is 29.3 Å². The summed E-state index contributed by atoms with van der Waals surface area (Å²) >= 11 is 0. The number of benzene rings is 1. The fourth-order valence-electron chi connectivity index (χ4n) is 2.87. The van der Waals surface area contributed by atoms with Crippen molar-refractivity contribution in [3.05, 3.63) is 35.6 Å². The molecule has 1 aromatic rings. The molecular formula is C18H30FIN4O2. The zero-order chi connectivity index (χ0) is 17.9. The van der Waals surface area contributed by atoms with Gasteiger partial charge in [0, 0.05) is 46.9 Å². The highest BCUT2D eigenvalue weighted by atomic mass is 127. The van der Waals surface area contributed by atoms with Crippen molar-refractivity contribution >= 4 is 29.9 Å². The van der Waals surface area contributed by atoms with E-state index in [1.165, 1.54) is 12.1 Å². The van der Waals surface area contributed by atoms with Crippen LogP contribution in [-0.4, -0.2) is 71.0 Å². The highest BCUT2D eigenvalue weighted by Crippen LogP contribution is 2.21. The van der Waals surface area contributed by atoms with Crippen LogP contribution in [0.4, 0.5) is 4.39 Å². The normalized spacial score (nSPS) is 16.7. The van der Waals surface area contributed by atoms with E-state index in [1.54, 1.807) is 14.2 Å². The van der Waals surface area contributed by atoms with Gasteiger partial charge in [0.25, 0.3) is 0 Å². The Hall–Kier alpha value is -0.970. The van der Waals surface area contributed by atoms with Crippen LogP contribution in [0.25, 0.3) is 0 Å². The van der Waals surface area contributed by atoms with E-state index in [4.69, 9.17) is 9.47 Å². The van der Waals surface area contributed by atoms with Gasteiger partial charge in [-0.3, -0.25) is 9.89 Å². The number of ether oxygens (including phenoxy) is 2. The lowest BCUT2D eigenvalue weighted by molar-refractivity contribution is 0.0170. The maximum Gasteiger partial charge on any atom is 0.191 e. The molecule has 1 aromatic carbocycles. The number of nitrogens with one attached hydrogen (secondary N) is 2. The van der Waals surface area contributed by atoms with Crippen LogP contribution in [-0.2, 0) is 9.47 Å². The Morgan fingerprint density at radius 1 is 1.27 bits per heavy atom. The zero-order valence-electron chi connectivity index (χ0n) is 15.5. The molecule has 1 aliphatic heterocycles. The summed E-state index contributed by atoms with van der Waals surface area (Å²) in [5.74, 6) is 0.546. The third kappa shape index (κ3) is 7.73. The topological polar surface area (TPSA) is 58.1 Å². The Morgan fingerprint density at radius 2 is 1.96 bits per heavy atom. The van der Waals surface area contributed by atoms with Crippen molar-refractivity contribution in [3.8, 4) is 0 Å². The van der Waals surface area contributed by atoms with Gasteiger partial charge in [-0.15, -0.1) is 24.0 Å². The lowest BCUT2D eigenvalue weighted by Crippen LogP contribution is -2.46. The van der Waals surface area contributed by atoms with E-state index in [0.717, 1.165) is 57.4 Å². The van der Waals surface area contributed by atoms with Gasteiger partial charge in [-0.25, -0.2) is 4.39 Å². The molecule has 6 nitrogen and oxygen atoms in total. The first-order valence-corrected chi connectivity index (χ1v) is 8.75. The molecular weight excluding hydrogens is 450 g/mol. The van der Waals surface area contributed by atoms with Crippen LogP contribution in [0, 0.1) is 5.82 Å². The molecule has 148 valence electrons. The van der Waals surface area contributed by atoms with Gasteiger partial charge < -0.3 is 20.1 Å². The van der Waals surface area contributed by atoms with E-state index in [2.05, 4.69) is 20.5 Å². The van der Waals surface area contributed by atoms with Crippen molar-refractivity contribution in [1.82, 2.24) is 15.5 Å². The monoisotopic (exact) mass is 480 g/mol.